The number of nitrogens with one attached hydrogen (secondary N) is 1. The standard InChI is InChI=1S/C27H34F2N8O3S/c28-27(29)7-11-36(12-8-27)25-30-20(18-39)15-21(31-25)22-17-37(34-32-22)23-2-1-19(33-41(40)14-13-38)16-24(23)35-9-5-26(3-4-26)6-10-35/h1-2,15-17,33,38-39H,3-14,18H2. The van der Waals surface area contributed by atoms with Crippen LogP contribution in [0.15, 0.2) is 30.5 Å². The number of anilines is 3. The van der Waals surface area contributed by atoms with Gasteiger partial charge in [0.15, 0.2) is 0 Å². The molecule has 11 nitrogen and oxygen atoms in total. The van der Waals surface area contributed by atoms with Gasteiger partial charge in [-0.05, 0) is 55.4 Å². The average Bonchev–Trinajstić information content (AvgIpc) is 3.53. The zero-order chi connectivity index (χ0) is 28.6. The first-order valence-electron chi connectivity index (χ1n) is 14.0. The molecule has 1 spiro atoms. The second-order valence-electron chi connectivity index (χ2n) is 11.2. The van der Waals surface area contributed by atoms with Crippen LogP contribution in [0.25, 0.3) is 17.1 Å². The van der Waals surface area contributed by atoms with Crippen molar-refractivity contribution in [3.05, 3.63) is 36.2 Å². The van der Waals surface area contributed by atoms with Crippen molar-refractivity contribution in [1.82, 2.24) is 25.0 Å². The lowest BCUT2D eigenvalue weighted by Crippen LogP contribution is -2.40. The molecule has 2 saturated heterocycles. The van der Waals surface area contributed by atoms with Crippen molar-refractivity contribution in [1.29, 1.82) is 0 Å². The van der Waals surface area contributed by atoms with Crippen molar-refractivity contribution in [2.24, 2.45) is 5.41 Å². The summed E-state index contributed by atoms with van der Waals surface area (Å²) in [5.41, 5.74) is 4.16. The molecule has 0 radical (unpaired) electrons. The van der Waals surface area contributed by atoms with Crippen molar-refractivity contribution in [3.8, 4) is 17.1 Å². The van der Waals surface area contributed by atoms with Crippen molar-refractivity contribution in [2.75, 3.05) is 53.1 Å². The highest BCUT2D eigenvalue weighted by Crippen LogP contribution is 2.54. The summed E-state index contributed by atoms with van der Waals surface area (Å²) in [7, 11) is -1.40. The highest BCUT2D eigenvalue weighted by atomic mass is 32.2. The van der Waals surface area contributed by atoms with Gasteiger partial charge in [-0.25, -0.2) is 27.6 Å². The smallest absolute Gasteiger partial charge is 0.251 e. The molecular weight excluding hydrogens is 554 g/mol. The van der Waals surface area contributed by atoms with E-state index in [4.69, 9.17) is 5.11 Å². The number of halogens is 2. The van der Waals surface area contributed by atoms with E-state index in [1.54, 1.807) is 21.8 Å². The summed E-state index contributed by atoms with van der Waals surface area (Å²) in [5, 5.41) is 27.7. The first-order valence-corrected chi connectivity index (χ1v) is 15.3. The molecule has 3 N–H and O–H groups in total. The Hall–Kier alpha value is -3.23. The maximum Gasteiger partial charge on any atom is 0.251 e. The van der Waals surface area contributed by atoms with Gasteiger partial charge in [0.05, 0.1) is 47.9 Å². The molecular formula is C27H34F2N8O3S. The van der Waals surface area contributed by atoms with Gasteiger partial charge in [-0.15, -0.1) is 5.10 Å². The molecule has 3 aliphatic rings. The van der Waals surface area contributed by atoms with Crippen LogP contribution in [0.5, 0.6) is 0 Å². The van der Waals surface area contributed by atoms with Gasteiger partial charge in [0.25, 0.3) is 5.92 Å². The van der Waals surface area contributed by atoms with Crippen LogP contribution in [0, 0.1) is 5.41 Å². The Morgan fingerprint density at radius 2 is 1.63 bits per heavy atom. The highest BCUT2D eigenvalue weighted by Gasteiger charge is 2.44. The number of piperidine rings is 2. The van der Waals surface area contributed by atoms with Crippen molar-refractivity contribution in [2.45, 2.75) is 51.1 Å². The molecule has 2 aromatic heterocycles. The van der Waals surface area contributed by atoms with Gasteiger partial charge >= 0.3 is 0 Å². The lowest BCUT2D eigenvalue weighted by atomic mass is 9.93. The van der Waals surface area contributed by atoms with Crippen molar-refractivity contribution in [3.63, 3.8) is 0 Å². The quantitative estimate of drug-likeness (QED) is 0.345. The predicted molar refractivity (Wildman–Crippen MR) is 152 cm³/mol. The third-order valence-electron chi connectivity index (χ3n) is 8.32. The van der Waals surface area contributed by atoms with Crippen LogP contribution in [-0.4, -0.2) is 83.8 Å². The second kappa shape index (κ2) is 11.2. The molecule has 41 heavy (non-hydrogen) atoms. The number of aromatic nitrogens is 5. The summed E-state index contributed by atoms with van der Waals surface area (Å²) in [5.74, 6) is -2.28. The van der Waals surface area contributed by atoms with E-state index in [9.17, 15) is 18.1 Å². The Bertz CT molecular complexity index is 1410. The monoisotopic (exact) mass is 588 g/mol. The first-order chi connectivity index (χ1) is 19.8. The number of aliphatic hydroxyl groups excluding tert-OH is 2. The van der Waals surface area contributed by atoms with Crippen LogP contribution in [0.2, 0.25) is 0 Å². The van der Waals surface area contributed by atoms with Crippen LogP contribution >= 0.6 is 0 Å². The number of benzene rings is 1. The third kappa shape index (κ3) is 6.19. The molecule has 3 aromatic rings. The number of nitrogens with zero attached hydrogens (tertiary/aromatic N) is 7. The van der Waals surface area contributed by atoms with E-state index < -0.39 is 16.9 Å². The van der Waals surface area contributed by atoms with E-state index in [2.05, 4.69) is 29.9 Å². The average molecular weight is 589 g/mol. The number of hydrogen-bond acceptors (Lipinski definition) is 9. The summed E-state index contributed by atoms with van der Waals surface area (Å²) in [6, 6.07) is 7.29. The molecule has 6 rings (SSSR count). The van der Waals surface area contributed by atoms with Crippen LogP contribution in [0.3, 0.4) is 0 Å². The zero-order valence-electron chi connectivity index (χ0n) is 22.7. The van der Waals surface area contributed by atoms with Crippen LogP contribution < -0.4 is 14.5 Å². The van der Waals surface area contributed by atoms with Gasteiger partial charge in [0.2, 0.25) is 5.95 Å². The number of rotatable bonds is 9. The highest BCUT2D eigenvalue weighted by molar-refractivity contribution is 7.86. The predicted octanol–water partition coefficient (Wildman–Crippen LogP) is 2.90. The molecule has 14 heteroatoms. The topological polar surface area (TPSA) is 133 Å². The summed E-state index contributed by atoms with van der Waals surface area (Å²) >= 11 is 0. The lowest BCUT2D eigenvalue weighted by molar-refractivity contribution is -0.0222. The fraction of sp³-hybridized carbons (Fsp3) is 0.556. The Balaban J connectivity index is 1.30. The third-order valence-corrected chi connectivity index (χ3v) is 9.33. The van der Waals surface area contributed by atoms with E-state index >= 15 is 0 Å². The Kier molecular flexibility index (Phi) is 7.64. The first kappa shape index (κ1) is 27.9. The molecule has 3 fully saturated rings. The van der Waals surface area contributed by atoms with Crippen LogP contribution in [-0.2, 0) is 17.6 Å². The van der Waals surface area contributed by atoms with Gasteiger partial charge in [-0.3, -0.25) is 0 Å². The van der Waals surface area contributed by atoms with Crippen molar-refractivity contribution < 1.29 is 23.2 Å². The summed E-state index contributed by atoms with van der Waals surface area (Å²) < 4.78 is 44.3. The van der Waals surface area contributed by atoms with Gasteiger partial charge < -0.3 is 24.7 Å². The summed E-state index contributed by atoms with van der Waals surface area (Å²) in [6.45, 7) is 1.56. The van der Waals surface area contributed by atoms with Gasteiger partial charge in [-0.1, -0.05) is 5.21 Å². The maximum absolute atomic E-state index is 13.7. The largest absolute Gasteiger partial charge is 0.395 e. The molecule has 0 amide bonds. The minimum absolute atomic E-state index is 0.123. The number of aliphatic hydroxyl groups is 2. The minimum Gasteiger partial charge on any atom is -0.395 e. The molecule has 2 aliphatic heterocycles. The van der Waals surface area contributed by atoms with Crippen molar-refractivity contribution >= 4 is 28.3 Å². The SMILES string of the molecule is O=S(CCO)Nc1ccc(-n2cc(-c3cc(CO)nc(N4CCC(F)(F)CC4)n3)nn2)c(N2CCC3(CC2)CC3)c1. The lowest BCUT2D eigenvalue weighted by Gasteiger charge is -2.35. The molecule has 1 aromatic carbocycles. The van der Waals surface area contributed by atoms with Gasteiger partial charge in [0, 0.05) is 44.7 Å². The van der Waals surface area contributed by atoms with E-state index in [1.807, 2.05) is 18.2 Å². The molecule has 4 heterocycles. The van der Waals surface area contributed by atoms with Crippen LogP contribution in [0.4, 0.5) is 26.1 Å². The molecule has 1 saturated carbocycles. The Morgan fingerprint density at radius 3 is 2.32 bits per heavy atom. The normalized spacial score (nSPS) is 20.3. The van der Waals surface area contributed by atoms with Crippen LogP contribution in [0.1, 0.15) is 44.2 Å². The van der Waals surface area contributed by atoms with E-state index in [1.165, 1.54) is 12.8 Å². The number of alkyl halides is 2. The molecule has 1 unspecified atom stereocenters. The summed E-state index contributed by atoms with van der Waals surface area (Å²) in [6.07, 6.45) is 6.03. The van der Waals surface area contributed by atoms with Gasteiger partial charge in [0.1, 0.15) is 16.7 Å². The fourth-order valence-electron chi connectivity index (χ4n) is 5.57. The maximum atomic E-state index is 13.7. The molecule has 1 atom stereocenters. The van der Waals surface area contributed by atoms with E-state index in [0.29, 0.717) is 28.2 Å². The molecule has 1 aliphatic carbocycles. The number of hydrogen-bond donors (Lipinski definition) is 3. The van der Waals surface area contributed by atoms with Gasteiger partial charge in [-0.2, -0.15) is 0 Å². The fourth-order valence-corrected chi connectivity index (χ4v) is 6.23. The second-order valence-corrected chi connectivity index (χ2v) is 12.5. The summed E-state index contributed by atoms with van der Waals surface area (Å²) in [4.78, 5) is 13.0. The van der Waals surface area contributed by atoms with E-state index in [-0.39, 0.29) is 50.8 Å². The Morgan fingerprint density at radius 1 is 0.902 bits per heavy atom. The molecule has 0 bridgehead atoms. The van der Waals surface area contributed by atoms with E-state index in [0.717, 1.165) is 37.3 Å². The molecule has 220 valence electrons. The minimum atomic E-state index is -2.69. The zero-order valence-corrected chi connectivity index (χ0v) is 23.5. The Labute approximate surface area is 239 Å².